The average Bonchev–Trinajstić information content (AvgIpc) is 3.08. The lowest BCUT2D eigenvalue weighted by Gasteiger charge is -2.17. The van der Waals surface area contributed by atoms with Crippen molar-refractivity contribution in [1.82, 2.24) is 5.32 Å². The van der Waals surface area contributed by atoms with Gasteiger partial charge in [0.25, 0.3) is 5.91 Å². The van der Waals surface area contributed by atoms with Crippen LogP contribution in [0.3, 0.4) is 0 Å². The van der Waals surface area contributed by atoms with E-state index in [1.165, 1.54) is 24.3 Å². The van der Waals surface area contributed by atoms with E-state index in [1.807, 2.05) is 36.4 Å². The summed E-state index contributed by atoms with van der Waals surface area (Å²) in [4.78, 5) is 12.4. The summed E-state index contributed by atoms with van der Waals surface area (Å²) in [6, 6.07) is 18.2. The highest BCUT2D eigenvalue weighted by atomic mass is 19.1. The maximum Gasteiger partial charge on any atom is 0.252 e. The molecule has 0 aliphatic carbocycles. The fourth-order valence-corrected chi connectivity index (χ4v) is 2.24. The van der Waals surface area contributed by atoms with Crippen LogP contribution in [0.1, 0.15) is 27.7 Å². The second-order valence-corrected chi connectivity index (χ2v) is 4.84. The standard InChI is InChI=1S/C18H14FNO2/c19-15-10-8-14(9-11-15)18(21)20-17(16-7-4-12-22-16)13-5-2-1-3-6-13/h1-12,17H,(H,20,21)/t17-/m1/s1. The topological polar surface area (TPSA) is 42.2 Å². The first kappa shape index (κ1) is 14.1. The molecule has 2 aromatic carbocycles. The molecule has 1 atom stereocenters. The summed E-state index contributed by atoms with van der Waals surface area (Å²) < 4.78 is 18.4. The zero-order valence-electron chi connectivity index (χ0n) is 11.7. The summed E-state index contributed by atoms with van der Waals surface area (Å²) in [5.74, 6) is -0.0193. The minimum atomic E-state index is -0.395. The van der Waals surface area contributed by atoms with E-state index in [4.69, 9.17) is 4.42 Å². The van der Waals surface area contributed by atoms with Gasteiger partial charge in [-0.2, -0.15) is 0 Å². The van der Waals surface area contributed by atoms with Gasteiger partial charge in [-0.25, -0.2) is 4.39 Å². The summed E-state index contributed by atoms with van der Waals surface area (Å²) in [6.07, 6.45) is 1.56. The molecule has 0 saturated carbocycles. The van der Waals surface area contributed by atoms with Gasteiger partial charge in [0.1, 0.15) is 17.6 Å². The van der Waals surface area contributed by atoms with Gasteiger partial charge >= 0.3 is 0 Å². The second kappa shape index (κ2) is 6.26. The van der Waals surface area contributed by atoms with Gasteiger partial charge in [-0.3, -0.25) is 4.79 Å². The Morgan fingerprint density at radius 3 is 2.32 bits per heavy atom. The molecular weight excluding hydrogens is 281 g/mol. The van der Waals surface area contributed by atoms with E-state index in [2.05, 4.69) is 5.32 Å². The number of hydrogen-bond acceptors (Lipinski definition) is 2. The van der Waals surface area contributed by atoms with Gasteiger partial charge in [-0.1, -0.05) is 30.3 Å². The van der Waals surface area contributed by atoms with Crippen LogP contribution in [0.15, 0.2) is 77.4 Å². The van der Waals surface area contributed by atoms with Crippen LogP contribution in [0.5, 0.6) is 0 Å². The SMILES string of the molecule is O=C(N[C@H](c1ccccc1)c1ccco1)c1ccc(F)cc1. The Morgan fingerprint density at radius 1 is 0.955 bits per heavy atom. The van der Waals surface area contributed by atoms with Crippen LogP contribution < -0.4 is 5.32 Å². The van der Waals surface area contributed by atoms with Crippen molar-refractivity contribution < 1.29 is 13.6 Å². The first-order valence-electron chi connectivity index (χ1n) is 6.89. The number of benzene rings is 2. The van der Waals surface area contributed by atoms with Crippen molar-refractivity contribution in [3.63, 3.8) is 0 Å². The van der Waals surface area contributed by atoms with E-state index >= 15 is 0 Å². The molecule has 0 aliphatic rings. The highest BCUT2D eigenvalue weighted by molar-refractivity contribution is 5.94. The average molecular weight is 295 g/mol. The molecule has 0 spiro atoms. The van der Waals surface area contributed by atoms with E-state index in [0.29, 0.717) is 11.3 Å². The van der Waals surface area contributed by atoms with Gasteiger partial charge in [0.05, 0.1) is 6.26 Å². The first-order valence-corrected chi connectivity index (χ1v) is 6.89. The predicted molar refractivity (Wildman–Crippen MR) is 80.9 cm³/mol. The number of hydrogen-bond donors (Lipinski definition) is 1. The Labute approximate surface area is 127 Å². The van der Waals surface area contributed by atoms with Gasteiger partial charge in [0, 0.05) is 5.56 Å². The number of nitrogens with one attached hydrogen (secondary N) is 1. The molecule has 0 bridgehead atoms. The van der Waals surface area contributed by atoms with E-state index < -0.39 is 6.04 Å². The fourth-order valence-electron chi connectivity index (χ4n) is 2.24. The lowest BCUT2D eigenvalue weighted by atomic mass is 10.0. The van der Waals surface area contributed by atoms with Crippen LogP contribution >= 0.6 is 0 Å². The second-order valence-electron chi connectivity index (χ2n) is 4.84. The maximum absolute atomic E-state index is 13.0. The minimum absolute atomic E-state index is 0.287. The van der Waals surface area contributed by atoms with E-state index in [9.17, 15) is 9.18 Å². The van der Waals surface area contributed by atoms with Crippen LogP contribution in [0.4, 0.5) is 4.39 Å². The number of halogens is 1. The van der Waals surface area contributed by atoms with Crippen molar-refractivity contribution in [3.8, 4) is 0 Å². The zero-order chi connectivity index (χ0) is 15.4. The molecule has 4 heteroatoms. The molecule has 3 rings (SSSR count). The van der Waals surface area contributed by atoms with E-state index in [-0.39, 0.29) is 11.7 Å². The summed E-state index contributed by atoms with van der Waals surface area (Å²) in [7, 11) is 0. The number of carbonyl (C=O) groups excluding carboxylic acids is 1. The van der Waals surface area contributed by atoms with Crippen molar-refractivity contribution in [2.75, 3.05) is 0 Å². The minimum Gasteiger partial charge on any atom is -0.467 e. The van der Waals surface area contributed by atoms with Gasteiger partial charge < -0.3 is 9.73 Å². The summed E-state index contributed by atoms with van der Waals surface area (Å²) in [5, 5.41) is 2.92. The zero-order valence-corrected chi connectivity index (χ0v) is 11.7. The molecule has 3 aromatic rings. The van der Waals surface area contributed by atoms with Crippen molar-refractivity contribution in [2.45, 2.75) is 6.04 Å². The van der Waals surface area contributed by atoms with Crippen molar-refractivity contribution in [2.24, 2.45) is 0 Å². The van der Waals surface area contributed by atoms with Gasteiger partial charge in [0.2, 0.25) is 0 Å². The van der Waals surface area contributed by atoms with Crippen LogP contribution in [-0.2, 0) is 0 Å². The molecule has 3 nitrogen and oxygen atoms in total. The Bertz CT molecular complexity index is 737. The third kappa shape index (κ3) is 3.06. The van der Waals surface area contributed by atoms with Crippen LogP contribution in [0, 0.1) is 5.82 Å². The van der Waals surface area contributed by atoms with Crippen LogP contribution in [-0.4, -0.2) is 5.91 Å². The summed E-state index contributed by atoms with van der Waals surface area (Å²) >= 11 is 0. The van der Waals surface area contributed by atoms with Crippen molar-refractivity contribution in [3.05, 3.63) is 95.7 Å². The van der Waals surface area contributed by atoms with Crippen LogP contribution in [0.2, 0.25) is 0 Å². The van der Waals surface area contributed by atoms with Crippen molar-refractivity contribution in [1.29, 1.82) is 0 Å². The largest absolute Gasteiger partial charge is 0.467 e. The third-order valence-electron chi connectivity index (χ3n) is 3.34. The molecule has 1 N–H and O–H groups in total. The maximum atomic E-state index is 13.0. The Hall–Kier alpha value is -2.88. The summed E-state index contributed by atoms with van der Waals surface area (Å²) in [5.41, 5.74) is 1.31. The number of amides is 1. The lowest BCUT2D eigenvalue weighted by Crippen LogP contribution is -2.29. The van der Waals surface area contributed by atoms with Gasteiger partial charge in [0.15, 0.2) is 0 Å². The number of furan rings is 1. The monoisotopic (exact) mass is 295 g/mol. The first-order chi connectivity index (χ1) is 10.7. The molecule has 0 fully saturated rings. The predicted octanol–water partition coefficient (Wildman–Crippen LogP) is 3.94. The molecule has 0 radical (unpaired) electrons. The molecule has 110 valence electrons. The van der Waals surface area contributed by atoms with Gasteiger partial charge in [-0.15, -0.1) is 0 Å². The molecule has 22 heavy (non-hydrogen) atoms. The van der Waals surface area contributed by atoms with Crippen LogP contribution in [0.25, 0.3) is 0 Å². The highest BCUT2D eigenvalue weighted by Crippen LogP contribution is 2.22. The van der Waals surface area contributed by atoms with E-state index in [1.54, 1.807) is 12.3 Å². The summed E-state index contributed by atoms with van der Waals surface area (Å²) in [6.45, 7) is 0. The highest BCUT2D eigenvalue weighted by Gasteiger charge is 2.19. The smallest absolute Gasteiger partial charge is 0.252 e. The Kier molecular flexibility index (Phi) is 4.01. The molecule has 0 aliphatic heterocycles. The fraction of sp³-hybridized carbons (Fsp3) is 0.0556. The number of carbonyl (C=O) groups is 1. The molecular formula is C18H14FNO2. The quantitative estimate of drug-likeness (QED) is 0.792. The molecule has 1 amide bonds. The molecule has 0 unspecified atom stereocenters. The molecule has 1 heterocycles. The van der Waals surface area contributed by atoms with Crippen molar-refractivity contribution >= 4 is 5.91 Å². The normalized spacial score (nSPS) is 11.9. The molecule has 0 saturated heterocycles. The molecule has 1 aromatic heterocycles. The van der Waals surface area contributed by atoms with Gasteiger partial charge in [-0.05, 0) is 42.0 Å². The number of rotatable bonds is 4. The lowest BCUT2D eigenvalue weighted by molar-refractivity contribution is 0.0939. The Morgan fingerprint density at radius 2 is 1.68 bits per heavy atom. The third-order valence-corrected chi connectivity index (χ3v) is 3.34. The Balaban J connectivity index is 1.87. The van der Waals surface area contributed by atoms with E-state index in [0.717, 1.165) is 5.56 Å².